The first-order chi connectivity index (χ1) is 14.9. The highest BCUT2D eigenvalue weighted by molar-refractivity contribution is 6.35. The molecule has 0 bridgehead atoms. The molecule has 1 unspecified atom stereocenters. The Hall–Kier alpha value is -3.03. The number of imidazole rings is 1. The summed E-state index contributed by atoms with van der Waals surface area (Å²) in [4.78, 5) is 31.4. The molecule has 1 fully saturated rings. The standard InChI is InChI=1S/C22H20Cl2N4O3/c1-13-11-27(12-25-13)19-4-3-17(10-20(19)31-2)28-6-5-18(22(28)30)26-21(29)14-7-15(23)9-16(24)8-14/h3-4,7-12,18H,5-6H2,1-2H3,(H,26,29). The molecule has 1 saturated heterocycles. The van der Waals surface area contributed by atoms with Gasteiger partial charge >= 0.3 is 0 Å². The molecule has 7 nitrogen and oxygen atoms in total. The number of nitrogens with zero attached hydrogens (tertiary/aromatic N) is 3. The smallest absolute Gasteiger partial charge is 0.252 e. The quantitative estimate of drug-likeness (QED) is 0.625. The lowest BCUT2D eigenvalue weighted by molar-refractivity contribution is -0.118. The van der Waals surface area contributed by atoms with Crippen molar-refractivity contribution in [1.29, 1.82) is 0 Å². The van der Waals surface area contributed by atoms with Gasteiger partial charge in [-0.05, 0) is 43.7 Å². The molecule has 1 N–H and O–H groups in total. The fourth-order valence-corrected chi connectivity index (χ4v) is 4.12. The van der Waals surface area contributed by atoms with Gasteiger partial charge in [0.1, 0.15) is 11.8 Å². The molecular weight excluding hydrogens is 439 g/mol. The Bertz CT molecular complexity index is 1140. The second-order valence-electron chi connectivity index (χ2n) is 7.24. The van der Waals surface area contributed by atoms with E-state index in [-0.39, 0.29) is 5.91 Å². The van der Waals surface area contributed by atoms with Crippen LogP contribution in [-0.4, -0.2) is 41.1 Å². The molecule has 0 radical (unpaired) electrons. The van der Waals surface area contributed by atoms with Crippen LogP contribution in [0.4, 0.5) is 5.69 Å². The van der Waals surface area contributed by atoms with Gasteiger partial charge in [-0.2, -0.15) is 0 Å². The Morgan fingerprint density at radius 1 is 1.19 bits per heavy atom. The molecule has 3 aromatic rings. The molecule has 31 heavy (non-hydrogen) atoms. The first kappa shape index (κ1) is 21.2. The zero-order chi connectivity index (χ0) is 22.1. The highest BCUT2D eigenvalue weighted by Gasteiger charge is 2.34. The van der Waals surface area contributed by atoms with E-state index < -0.39 is 11.9 Å². The largest absolute Gasteiger partial charge is 0.494 e. The number of aryl methyl sites for hydroxylation is 1. The molecule has 2 heterocycles. The minimum atomic E-state index is -0.632. The molecule has 2 aromatic carbocycles. The average Bonchev–Trinajstić information content (AvgIpc) is 3.32. The Kier molecular flexibility index (Phi) is 5.89. The van der Waals surface area contributed by atoms with Crippen molar-refractivity contribution in [3.63, 3.8) is 0 Å². The molecule has 2 amide bonds. The number of ether oxygens (including phenoxy) is 1. The molecule has 1 aliphatic rings. The molecule has 4 rings (SSSR count). The van der Waals surface area contributed by atoms with Crippen molar-refractivity contribution in [2.75, 3.05) is 18.6 Å². The second kappa shape index (κ2) is 8.61. The van der Waals surface area contributed by atoms with Gasteiger partial charge in [0.25, 0.3) is 5.91 Å². The number of nitrogens with one attached hydrogen (secondary N) is 1. The molecule has 0 spiro atoms. The summed E-state index contributed by atoms with van der Waals surface area (Å²) in [7, 11) is 1.58. The van der Waals surface area contributed by atoms with Crippen molar-refractivity contribution in [3.05, 3.63) is 70.2 Å². The van der Waals surface area contributed by atoms with E-state index in [1.807, 2.05) is 35.9 Å². The molecule has 1 aliphatic heterocycles. The highest BCUT2D eigenvalue weighted by atomic mass is 35.5. The molecule has 9 heteroatoms. The maximum Gasteiger partial charge on any atom is 0.252 e. The van der Waals surface area contributed by atoms with Crippen LogP contribution in [0.25, 0.3) is 5.69 Å². The third-order valence-electron chi connectivity index (χ3n) is 5.10. The minimum Gasteiger partial charge on any atom is -0.494 e. The van der Waals surface area contributed by atoms with E-state index in [0.29, 0.717) is 40.0 Å². The maximum absolute atomic E-state index is 13.0. The van der Waals surface area contributed by atoms with Crippen LogP contribution < -0.4 is 15.0 Å². The summed E-state index contributed by atoms with van der Waals surface area (Å²) < 4.78 is 7.40. The van der Waals surface area contributed by atoms with Gasteiger partial charge in [0.15, 0.2) is 0 Å². The van der Waals surface area contributed by atoms with Crippen LogP contribution in [0, 0.1) is 6.92 Å². The minimum absolute atomic E-state index is 0.185. The zero-order valence-corrected chi connectivity index (χ0v) is 18.4. The first-order valence-electron chi connectivity index (χ1n) is 9.63. The van der Waals surface area contributed by atoms with E-state index in [9.17, 15) is 9.59 Å². The van der Waals surface area contributed by atoms with Gasteiger partial charge in [-0.3, -0.25) is 9.59 Å². The Morgan fingerprint density at radius 2 is 1.94 bits per heavy atom. The number of methoxy groups -OCH3 is 1. The second-order valence-corrected chi connectivity index (χ2v) is 8.11. The highest BCUT2D eigenvalue weighted by Crippen LogP contribution is 2.31. The Labute approximate surface area is 189 Å². The molecular formula is C22H20Cl2N4O3. The van der Waals surface area contributed by atoms with Gasteiger partial charge in [0.05, 0.1) is 24.8 Å². The van der Waals surface area contributed by atoms with E-state index in [2.05, 4.69) is 10.3 Å². The van der Waals surface area contributed by atoms with Gasteiger partial charge in [0, 0.05) is 40.1 Å². The predicted octanol–water partition coefficient (Wildman–Crippen LogP) is 4.03. The van der Waals surface area contributed by atoms with Gasteiger partial charge in [-0.1, -0.05) is 23.2 Å². The lowest BCUT2D eigenvalue weighted by Gasteiger charge is -2.19. The van der Waals surface area contributed by atoms with Crippen LogP contribution in [-0.2, 0) is 4.79 Å². The Morgan fingerprint density at radius 3 is 2.58 bits per heavy atom. The first-order valence-corrected chi connectivity index (χ1v) is 10.4. The third kappa shape index (κ3) is 4.38. The third-order valence-corrected chi connectivity index (χ3v) is 5.54. The van der Waals surface area contributed by atoms with Crippen molar-refractivity contribution in [3.8, 4) is 11.4 Å². The molecule has 160 valence electrons. The molecule has 1 atom stereocenters. The average molecular weight is 459 g/mol. The summed E-state index contributed by atoms with van der Waals surface area (Å²) >= 11 is 11.9. The fourth-order valence-electron chi connectivity index (χ4n) is 3.60. The number of hydrogen-bond donors (Lipinski definition) is 1. The van der Waals surface area contributed by atoms with Crippen LogP contribution in [0.1, 0.15) is 22.5 Å². The van der Waals surface area contributed by atoms with Gasteiger partial charge in [-0.15, -0.1) is 0 Å². The fraction of sp³-hybridized carbons (Fsp3) is 0.227. The van der Waals surface area contributed by atoms with Crippen LogP contribution in [0.3, 0.4) is 0 Å². The summed E-state index contributed by atoms with van der Waals surface area (Å²) in [6, 6.07) is 9.48. The van der Waals surface area contributed by atoms with E-state index in [1.165, 1.54) is 12.1 Å². The normalized spacial score (nSPS) is 15.9. The zero-order valence-electron chi connectivity index (χ0n) is 16.9. The monoisotopic (exact) mass is 458 g/mol. The lowest BCUT2D eigenvalue weighted by atomic mass is 10.2. The number of hydrogen-bond acceptors (Lipinski definition) is 4. The van der Waals surface area contributed by atoms with Crippen molar-refractivity contribution >= 4 is 40.7 Å². The van der Waals surface area contributed by atoms with Crippen LogP contribution in [0.15, 0.2) is 48.9 Å². The van der Waals surface area contributed by atoms with Crippen molar-refractivity contribution in [2.45, 2.75) is 19.4 Å². The predicted molar refractivity (Wildman–Crippen MR) is 120 cm³/mol. The molecule has 1 aromatic heterocycles. The summed E-state index contributed by atoms with van der Waals surface area (Å²) in [6.45, 7) is 2.39. The summed E-state index contributed by atoms with van der Waals surface area (Å²) in [6.07, 6.45) is 4.09. The number of rotatable bonds is 5. The van der Waals surface area contributed by atoms with Crippen molar-refractivity contribution < 1.29 is 14.3 Å². The number of benzene rings is 2. The topological polar surface area (TPSA) is 76.5 Å². The van der Waals surface area contributed by atoms with E-state index in [1.54, 1.807) is 24.4 Å². The van der Waals surface area contributed by atoms with Crippen LogP contribution in [0.2, 0.25) is 10.0 Å². The molecule has 0 aliphatic carbocycles. The number of anilines is 1. The summed E-state index contributed by atoms with van der Waals surface area (Å²) in [5.74, 6) is 0.0338. The number of carbonyl (C=O) groups is 2. The van der Waals surface area contributed by atoms with Gasteiger partial charge in [-0.25, -0.2) is 4.98 Å². The number of amides is 2. The number of halogens is 2. The van der Waals surface area contributed by atoms with Crippen LogP contribution >= 0.6 is 23.2 Å². The molecule has 0 saturated carbocycles. The van der Waals surface area contributed by atoms with E-state index in [0.717, 1.165) is 11.4 Å². The Balaban J connectivity index is 1.51. The van der Waals surface area contributed by atoms with Gasteiger partial charge in [0.2, 0.25) is 5.91 Å². The van der Waals surface area contributed by atoms with E-state index in [4.69, 9.17) is 27.9 Å². The number of carbonyl (C=O) groups excluding carboxylic acids is 2. The van der Waals surface area contributed by atoms with Gasteiger partial charge < -0.3 is 19.5 Å². The number of aromatic nitrogens is 2. The van der Waals surface area contributed by atoms with Crippen LogP contribution in [0.5, 0.6) is 5.75 Å². The van der Waals surface area contributed by atoms with E-state index >= 15 is 0 Å². The van der Waals surface area contributed by atoms with Crippen molar-refractivity contribution in [2.24, 2.45) is 0 Å². The SMILES string of the molecule is COc1cc(N2CCC(NC(=O)c3cc(Cl)cc(Cl)c3)C2=O)ccc1-n1cnc(C)c1. The summed E-state index contributed by atoms with van der Waals surface area (Å²) in [5.41, 5.74) is 2.72. The lowest BCUT2D eigenvalue weighted by Crippen LogP contribution is -2.41. The summed E-state index contributed by atoms with van der Waals surface area (Å²) in [5, 5.41) is 3.49. The maximum atomic E-state index is 13.0. The van der Waals surface area contributed by atoms with Crippen molar-refractivity contribution in [1.82, 2.24) is 14.9 Å².